The zero-order valence-corrected chi connectivity index (χ0v) is 16.0. The second kappa shape index (κ2) is 7.12. The number of amides is 1. The minimum absolute atomic E-state index is 0.0232. The van der Waals surface area contributed by atoms with Crippen molar-refractivity contribution in [2.45, 2.75) is 55.9 Å². The molecular formula is C21H25NO2S. The first-order valence-corrected chi connectivity index (χ1v) is 9.54. The fraction of sp³-hybridized carbons (Fsp3) is 0.381. The van der Waals surface area contributed by atoms with E-state index in [0.717, 1.165) is 22.6 Å². The fourth-order valence-electron chi connectivity index (χ4n) is 3.15. The summed E-state index contributed by atoms with van der Waals surface area (Å²) in [6.45, 7) is 8.15. The standard InChI is InChI=1S/C21H25NO2S/c1-14-10-11-19-17(12-14)18(13-21(3,4)24-19)22-20(23)15(2)25-16-8-6-5-7-9-16/h5-12,15,18H,13H2,1-4H3,(H,22,23). The quantitative estimate of drug-likeness (QED) is 0.793. The number of nitrogens with one attached hydrogen (secondary N) is 1. The lowest BCUT2D eigenvalue weighted by Crippen LogP contribution is -2.43. The number of ether oxygens (including phenoxy) is 1. The van der Waals surface area contributed by atoms with Crippen molar-refractivity contribution in [1.82, 2.24) is 5.32 Å². The Labute approximate surface area is 154 Å². The molecule has 1 amide bonds. The van der Waals surface area contributed by atoms with Crippen LogP contribution in [0, 0.1) is 6.92 Å². The van der Waals surface area contributed by atoms with Gasteiger partial charge in [-0.2, -0.15) is 0 Å². The Kier molecular flexibility index (Phi) is 5.09. The maximum atomic E-state index is 12.7. The molecule has 0 radical (unpaired) electrons. The van der Waals surface area contributed by atoms with Gasteiger partial charge in [0.05, 0.1) is 11.3 Å². The highest BCUT2D eigenvalue weighted by Crippen LogP contribution is 2.40. The van der Waals surface area contributed by atoms with E-state index in [1.54, 1.807) is 11.8 Å². The first-order chi connectivity index (χ1) is 11.8. The Morgan fingerprint density at radius 3 is 2.68 bits per heavy atom. The van der Waals surface area contributed by atoms with Crippen molar-refractivity contribution in [2.24, 2.45) is 0 Å². The fourth-order valence-corrected chi connectivity index (χ4v) is 4.05. The van der Waals surface area contributed by atoms with Crippen LogP contribution in [-0.2, 0) is 4.79 Å². The van der Waals surface area contributed by atoms with Crippen molar-refractivity contribution in [2.75, 3.05) is 0 Å². The summed E-state index contributed by atoms with van der Waals surface area (Å²) in [5, 5.41) is 3.09. The first kappa shape index (κ1) is 17.9. The molecule has 0 bridgehead atoms. The average Bonchev–Trinajstić information content (AvgIpc) is 2.55. The molecule has 1 N–H and O–H groups in total. The first-order valence-electron chi connectivity index (χ1n) is 8.66. The second-order valence-corrected chi connectivity index (χ2v) is 8.66. The number of benzene rings is 2. The maximum absolute atomic E-state index is 12.7. The molecule has 0 spiro atoms. The predicted molar refractivity (Wildman–Crippen MR) is 103 cm³/mol. The van der Waals surface area contributed by atoms with Crippen LogP contribution in [0.1, 0.15) is 44.4 Å². The summed E-state index contributed by atoms with van der Waals surface area (Å²) in [7, 11) is 0. The third-order valence-corrected chi connectivity index (χ3v) is 5.48. The summed E-state index contributed by atoms with van der Waals surface area (Å²) in [6.07, 6.45) is 0.762. The van der Waals surface area contributed by atoms with Gasteiger partial charge < -0.3 is 10.1 Å². The molecule has 0 aliphatic carbocycles. The van der Waals surface area contributed by atoms with E-state index in [0.29, 0.717) is 0 Å². The number of hydrogen-bond acceptors (Lipinski definition) is 3. The lowest BCUT2D eigenvalue weighted by Gasteiger charge is -2.38. The van der Waals surface area contributed by atoms with Gasteiger partial charge in [0.2, 0.25) is 5.91 Å². The van der Waals surface area contributed by atoms with Gasteiger partial charge in [-0.05, 0) is 45.9 Å². The highest BCUT2D eigenvalue weighted by Gasteiger charge is 2.35. The maximum Gasteiger partial charge on any atom is 0.233 e. The summed E-state index contributed by atoms with van der Waals surface area (Å²) in [6, 6.07) is 16.2. The molecule has 0 aromatic heterocycles. The van der Waals surface area contributed by atoms with Crippen LogP contribution in [0.4, 0.5) is 0 Å². The van der Waals surface area contributed by atoms with Crippen LogP contribution in [0.5, 0.6) is 5.75 Å². The highest BCUT2D eigenvalue weighted by atomic mass is 32.2. The van der Waals surface area contributed by atoms with E-state index in [9.17, 15) is 4.79 Å². The molecule has 1 aliphatic heterocycles. The third kappa shape index (κ3) is 4.37. The Morgan fingerprint density at radius 2 is 1.96 bits per heavy atom. The van der Waals surface area contributed by atoms with Crippen LogP contribution in [0.25, 0.3) is 0 Å². The number of fused-ring (bicyclic) bond motifs is 1. The average molecular weight is 356 g/mol. The van der Waals surface area contributed by atoms with Crippen molar-refractivity contribution in [1.29, 1.82) is 0 Å². The summed E-state index contributed by atoms with van der Waals surface area (Å²) in [5.41, 5.74) is 1.95. The molecule has 3 rings (SSSR count). The van der Waals surface area contributed by atoms with Crippen LogP contribution in [-0.4, -0.2) is 16.8 Å². The molecule has 2 aromatic carbocycles. The normalized spacial score (nSPS) is 19.4. The Balaban J connectivity index is 1.75. The lowest BCUT2D eigenvalue weighted by molar-refractivity contribution is -0.121. The van der Waals surface area contributed by atoms with E-state index in [1.165, 1.54) is 5.56 Å². The Hall–Kier alpha value is -1.94. The van der Waals surface area contributed by atoms with Crippen molar-refractivity contribution < 1.29 is 9.53 Å². The number of thioether (sulfide) groups is 1. The van der Waals surface area contributed by atoms with Crippen LogP contribution < -0.4 is 10.1 Å². The molecule has 0 saturated heterocycles. The summed E-state index contributed by atoms with van der Waals surface area (Å²) >= 11 is 1.58. The van der Waals surface area contributed by atoms with Crippen LogP contribution in [0.2, 0.25) is 0 Å². The van der Waals surface area contributed by atoms with Gasteiger partial charge in [0.25, 0.3) is 0 Å². The molecular weight excluding hydrogens is 330 g/mol. The number of carbonyl (C=O) groups excluding carboxylic acids is 1. The molecule has 4 heteroatoms. The highest BCUT2D eigenvalue weighted by molar-refractivity contribution is 8.00. The summed E-state index contributed by atoms with van der Waals surface area (Å²) < 4.78 is 6.09. The molecule has 2 atom stereocenters. The molecule has 2 aromatic rings. The van der Waals surface area contributed by atoms with Crippen molar-refractivity contribution in [3.05, 3.63) is 59.7 Å². The van der Waals surface area contributed by atoms with Crippen LogP contribution in [0.15, 0.2) is 53.4 Å². The summed E-state index contributed by atoms with van der Waals surface area (Å²) in [4.78, 5) is 13.9. The number of hydrogen-bond donors (Lipinski definition) is 1. The van der Waals surface area contributed by atoms with E-state index in [4.69, 9.17) is 4.74 Å². The Morgan fingerprint density at radius 1 is 1.24 bits per heavy atom. The number of rotatable bonds is 4. The van der Waals surface area contributed by atoms with E-state index >= 15 is 0 Å². The van der Waals surface area contributed by atoms with Crippen molar-refractivity contribution >= 4 is 17.7 Å². The predicted octanol–water partition coefficient (Wildman–Crippen LogP) is 4.89. The van der Waals surface area contributed by atoms with Gasteiger partial charge in [-0.3, -0.25) is 4.79 Å². The van der Waals surface area contributed by atoms with E-state index < -0.39 is 0 Å². The molecule has 3 nitrogen and oxygen atoms in total. The molecule has 0 fully saturated rings. The minimum Gasteiger partial charge on any atom is -0.487 e. The summed E-state index contributed by atoms with van der Waals surface area (Å²) in [5.74, 6) is 0.930. The van der Waals surface area contributed by atoms with Crippen LogP contribution >= 0.6 is 11.8 Å². The van der Waals surface area contributed by atoms with Crippen LogP contribution in [0.3, 0.4) is 0 Å². The second-order valence-electron chi connectivity index (χ2n) is 7.24. The van der Waals surface area contributed by atoms with Crippen molar-refractivity contribution in [3.8, 4) is 5.75 Å². The van der Waals surface area contributed by atoms with E-state index in [-0.39, 0.29) is 22.8 Å². The van der Waals surface area contributed by atoms with Gasteiger partial charge in [-0.15, -0.1) is 11.8 Å². The molecule has 0 saturated carbocycles. The molecule has 25 heavy (non-hydrogen) atoms. The minimum atomic E-state index is -0.296. The molecule has 2 unspecified atom stereocenters. The number of aryl methyl sites for hydroxylation is 1. The largest absolute Gasteiger partial charge is 0.487 e. The molecule has 132 valence electrons. The van der Waals surface area contributed by atoms with E-state index in [1.807, 2.05) is 49.4 Å². The molecule has 1 aliphatic rings. The number of carbonyl (C=O) groups is 1. The van der Waals surface area contributed by atoms with Gasteiger partial charge >= 0.3 is 0 Å². The van der Waals surface area contributed by atoms with Gasteiger partial charge in [0.1, 0.15) is 11.4 Å². The Bertz CT molecular complexity index is 758. The zero-order valence-electron chi connectivity index (χ0n) is 15.2. The molecule has 1 heterocycles. The smallest absolute Gasteiger partial charge is 0.233 e. The topological polar surface area (TPSA) is 38.3 Å². The SMILES string of the molecule is Cc1ccc2c(c1)C(NC(=O)C(C)Sc1ccccc1)CC(C)(C)O2. The monoisotopic (exact) mass is 355 g/mol. The zero-order chi connectivity index (χ0) is 18.0. The van der Waals surface area contributed by atoms with Gasteiger partial charge in [0.15, 0.2) is 0 Å². The lowest BCUT2D eigenvalue weighted by atomic mass is 9.89. The van der Waals surface area contributed by atoms with Gasteiger partial charge in [-0.1, -0.05) is 35.9 Å². The third-order valence-electron chi connectivity index (χ3n) is 4.36. The van der Waals surface area contributed by atoms with Crippen molar-refractivity contribution in [3.63, 3.8) is 0 Å². The van der Waals surface area contributed by atoms with Gasteiger partial charge in [0, 0.05) is 16.9 Å². The van der Waals surface area contributed by atoms with E-state index in [2.05, 4.69) is 32.2 Å². The van der Waals surface area contributed by atoms with Gasteiger partial charge in [-0.25, -0.2) is 0 Å².